The molecule has 3 aromatic carbocycles. The monoisotopic (exact) mass is 443 g/mol. The van der Waals surface area contributed by atoms with Gasteiger partial charge in [0.1, 0.15) is 17.2 Å². The number of nitrogens with zero attached hydrogens (tertiary/aromatic N) is 2. The highest BCUT2D eigenvalue weighted by Gasteiger charge is 2.32. The van der Waals surface area contributed by atoms with Gasteiger partial charge in [-0.05, 0) is 36.4 Å². The second kappa shape index (κ2) is 9.55. The number of carbonyl (C=O) groups excluding carboxylic acids is 1. The smallest absolute Gasteiger partial charge is 0.232 e. The van der Waals surface area contributed by atoms with Crippen LogP contribution in [-0.2, 0) is 4.79 Å². The molecule has 0 saturated carbocycles. The first-order chi connectivity index (χ1) is 16.2. The molecule has 0 unspecified atom stereocenters. The number of anilines is 1. The Morgan fingerprint density at radius 1 is 0.909 bits per heavy atom. The Balaban J connectivity index is 1.16. The van der Waals surface area contributed by atoms with Crippen LogP contribution in [0.2, 0.25) is 0 Å². The van der Waals surface area contributed by atoms with Gasteiger partial charge in [0.25, 0.3) is 0 Å². The minimum atomic E-state index is -0.349. The molecule has 0 bridgehead atoms. The molecule has 1 amide bonds. The molecule has 1 saturated heterocycles. The van der Waals surface area contributed by atoms with E-state index in [4.69, 9.17) is 9.47 Å². The number of fused-ring (bicyclic) bond motifs is 2. The van der Waals surface area contributed by atoms with Crippen LogP contribution in [0.15, 0.2) is 72.8 Å². The molecule has 0 aromatic heterocycles. The molecule has 5 rings (SSSR count). The molecule has 2 aliphatic rings. The number of benzene rings is 3. The first-order valence-electron chi connectivity index (χ1n) is 11.5. The van der Waals surface area contributed by atoms with Gasteiger partial charge in [0.2, 0.25) is 5.91 Å². The molecular weight excluding hydrogens is 414 g/mol. The first-order valence-corrected chi connectivity index (χ1v) is 11.5. The summed E-state index contributed by atoms with van der Waals surface area (Å²) in [5.41, 5.74) is 3.06. The van der Waals surface area contributed by atoms with E-state index in [9.17, 15) is 4.79 Å². The lowest BCUT2D eigenvalue weighted by atomic mass is 9.87. The van der Waals surface area contributed by atoms with Crippen molar-refractivity contribution in [1.82, 2.24) is 10.2 Å². The zero-order valence-electron chi connectivity index (χ0n) is 18.9. The number of hydrogen-bond acceptors (Lipinski definition) is 5. The Morgan fingerprint density at radius 2 is 1.52 bits per heavy atom. The van der Waals surface area contributed by atoms with Crippen molar-refractivity contribution in [3.8, 4) is 17.2 Å². The number of piperazine rings is 1. The van der Waals surface area contributed by atoms with E-state index >= 15 is 0 Å². The maximum absolute atomic E-state index is 13.3. The van der Waals surface area contributed by atoms with Crippen molar-refractivity contribution in [3.05, 3.63) is 83.9 Å². The van der Waals surface area contributed by atoms with Crippen molar-refractivity contribution >= 4 is 11.6 Å². The predicted molar refractivity (Wildman–Crippen MR) is 129 cm³/mol. The summed E-state index contributed by atoms with van der Waals surface area (Å²) in [5, 5.41) is 3.17. The molecule has 0 radical (unpaired) electrons. The van der Waals surface area contributed by atoms with E-state index in [1.807, 2.05) is 60.7 Å². The van der Waals surface area contributed by atoms with Gasteiger partial charge in [-0.25, -0.2) is 0 Å². The summed E-state index contributed by atoms with van der Waals surface area (Å²) in [4.78, 5) is 18.1. The van der Waals surface area contributed by atoms with Crippen LogP contribution in [0.5, 0.6) is 17.2 Å². The molecule has 170 valence electrons. The summed E-state index contributed by atoms with van der Waals surface area (Å²) in [7, 11) is 1.69. The largest absolute Gasteiger partial charge is 0.497 e. The molecule has 33 heavy (non-hydrogen) atoms. The maximum atomic E-state index is 13.3. The molecule has 2 aliphatic heterocycles. The Kier molecular flexibility index (Phi) is 6.17. The fourth-order valence-corrected chi connectivity index (χ4v) is 4.65. The summed E-state index contributed by atoms with van der Waals surface area (Å²) in [6.45, 7) is 5.37. The fraction of sp³-hybridized carbons (Fsp3) is 0.296. The number of hydrogen-bond donors (Lipinski definition) is 1. The topological polar surface area (TPSA) is 54.0 Å². The van der Waals surface area contributed by atoms with Crippen LogP contribution in [0.3, 0.4) is 0 Å². The van der Waals surface area contributed by atoms with Gasteiger partial charge in [-0.1, -0.05) is 36.4 Å². The Hall–Kier alpha value is -3.51. The molecule has 1 fully saturated rings. The lowest BCUT2D eigenvalue weighted by molar-refractivity contribution is -0.121. The van der Waals surface area contributed by atoms with Gasteiger partial charge in [-0.3, -0.25) is 9.69 Å². The molecule has 0 spiro atoms. The number of amides is 1. The Morgan fingerprint density at radius 3 is 2.12 bits per heavy atom. The van der Waals surface area contributed by atoms with Crippen LogP contribution in [0.1, 0.15) is 17.0 Å². The minimum absolute atomic E-state index is 0.0232. The van der Waals surface area contributed by atoms with E-state index in [1.54, 1.807) is 7.11 Å². The summed E-state index contributed by atoms with van der Waals surface area (Å²) >= 11 is 0. The van der Waals surface area contributed by atoms with E-state index in [0.717, 1.165) is 61.1 Å². The molecule has 0 aliphatic carbocycles. The van der Waals surface area contributed by atoms with E-state index in [1.165, 1.54) is 5.69 Å². The summed E-state index contributed by atoms with van der Waals surface area (Å²) in [6.07, 6.45) is 0. The van der Waals surface area contributed by atoms with Crippen molar-refractivity contribution in [2.75, 3.05) is 51.3 Å². The number of carbonyl (C=O) groups is 1. The van der Waals surface area contributed by atoms with Crippen molar-refractivity contribution in [2.24, 2.45) is 0 Å². The van der Waals surface area contributed by atoms with Gasteiger partial charge in [0.05, 0.1) is 13.0 Å². The molecule has 0 atom stereocenters. The van der Waals surface area contributed by atoms with E-state index < -0.39 is 0 Å². The van der Waals surface area contributed by atoms with Gasteiger partial charge >= 0.3 is 0 Å². The van der Waals surface area contributed by atoms with Gasteiger partial charge in [-0.15, -0.1) is 0 Å². The fourth-order valence-electron chi connectivity index (χ4n) is 4.65. The average molecular weight is 444 g/mol. The molecule has 6 nitrogen and oxygen atoms in total. The summed E-state index contributed by atoms with van der Waals surface area (Å²) in [6, 6.07) is 23.8. The lowest BCUT2D eigenvalue weighted by Crippen LogP contribution is -2.48. The minimum Gasteiger partial charge on any atom is -0.497 e. The molecule has 2 heterocycles. The second-order valence-electron chi connectivity index (χ2n) is 8.43. The SMILES string of the molecule is COc1ccc(N2CCN(CCNC(=O)C3c4ccccc4Oc4ccccc43)CC2)cc1. The zero-order chi connectivity index (χ0) is 22.6. The number of ether oxygens (including phenoxy) is 2. The van der Waals surface area contributed by atoms with Crippen molar-refractivity contribution in [1.29, 1.82) is 0 Å². The van der Waals surface area contributed by atoms with Gasteiger partial charge in [0, 0.05) is 56.1 Å². The van der Waals surface area contributed by atoms with Crippen LogP contribution < -0.4 is 19.7 Å². The average Bonchev–Trinajstić information content (AvgIpc) is 2.87. The standard InChI is InChI=1S/C27H29N3O3/c1-32-21-12-10-20(11-13-21)30-18-16-29(17-19-30)15-14-28-27(31)26-22-6-2-4-8-24(22)33-25-9-5-3-7-23(25)26/h2-13,26H,14-19H2,1H3,(H,28,31). The highest BCUT2D eigenvalue weighted by atomic mass is 16.5. The number of methoxy groups -OCH3 is 1. The predicted octanol–water partition coefficient (Wildman–Crippen LogP) is 3.87. The number of nitrogens with one attached hydrogen (secondary N) is 1. The van der Waals surface area contributed by atoms with Gasteiger partial charge in [0.15, 0.2) is 0 Å². The lowest BCUT2D eigenvalue weighted by Gasteiger charge is -2.36. The first kappa shape index (κ1) is 21.3. The second-order valence-corrected chi connectivity index (χ2v) is 8.43. The van der Waals surface area contributed by atoms with Crippen LogP contribution in [0.4, 0.5) is 5.69 Å². The highest BCUT2D eigenvalue weighted by molar-refractivity contribution is 5.89. The van der Waals surface area contributed by atoms with E-state index in [0.29, 0.717) is 6.54 Å². The third-order valence-electron chi connectivity index (χ3n) is 6.48. The summed E-state index contributed by atoms with van der Waals surface area (Å²) in [5.74, 6) is 2.06. The number of para-hydroxylation sites is 2. The van der Waals surface area contributed by atoms with Gasteiger partial charge in [-0.2, -0.15) is 0 Å². The summed E-state index contributed by atoms with van der Waals surface area (Å²) < 4.78 is 11.3. The molecule has 1 N–H and O–H groups in total. The van der Waals surface area contributed by atoms with E-state index in [2.05, 4.69) is 27.2 Å². The number of rotatable bonds is 6. The maximum Gasteiger partial charge on any atom is 0.232 e. The quantitative estimate of drug-likeness (QED) is 0.627. The van der Waals surface area contributed by atoms with Crippen LogP contribution in [0.25, 0.3) is 0 Å². The van der Waals surface area contributed by atoms with Crippen LogP contribution in [0, 0.1) is 0 Å². The zero-order valence-corrected chi connectivity index (χ0v) is 18.9. The Labute approximate surface area is 194 Å². The van der Waals surface area contributed by atoms with E-state index in [-0.39, 0.29) is 11.8 Å². The normalized spacial score (nSPS) is 15.8. The molecule has 6 heteroatoms. The third kappa shape index (κ3) is 4.52. The van der Waals surface area contributed by atoms with Crippen molar-refractivity contribution in [2.45, 2.75) is 5.92 Å². The van der Waals surface area contributed by atoms with Crippen LogP contribution in [-0.4, -0.2) is 57.2 Å². The van der Waals surface area contributed by atoms with Crippen molar-refractivity contribution in [3.63, 3.8) is 0 Å². The molecular formula is C27H29N3O3. The highest BCUT2D eigenvalue weighted by Crippen LogP contribution is 2.43. The van der Waals surface area contributed by atoms with Gasteiger partial charge < -0.3 is 19.7 Å². The van der Waals surface area contributed by atoms with Crippen molar-refractivity contribution < 1.29 is 14.3 Å². The Bertz CT molecular complexity index is 1060. The third-order valence-corrected chi connectivity index (χ3v) is 6.48. The molecule has 3 aromatic rings. The van der Waals surface area contributed by atoms with Crippen LogP contribution >= 0.6 is 0 Å².